The van der Waals surface area contributed by atoms with Crippen LogP contribution in [0.1, 0.15) is 13.8 Å². The predicted octanol–water partition coefficient (Wildman–Crippen LogP) is 0.760. The van der Waals surface area contributed by atoms with Gasteiger partial charge in [0.2, 0.25) is 15.9 Å². The first-order valence-corrected chi connectivity index (χ1v) is 10.0. The maximum absolute atomic E-state index is 14.7. The summed E-state index contributed by atoms with van der Waals surface area (Å²) in [4.78, 5) is -0.203. The molecule has 1 aromatic rings. The molecule has 0 radical (unpaired) electrons. The number of aliphatic hydroxyl groups is 3. The molecule has 0 bridgehead atoms. The van der Waals surface area contributed by atoms with Gasteiger partial charge in [-0.1, -0.05) is 18.5 Å². The minimum Gasteiger partial charge on any atom is -0.394 e. The number of alkyl halides is 2. The molecule has 1 saturated heterocycles. The average molecular weight is 430 g/mol. The second-order valence-corrected chi connectivity index (χ2v) is 8.82. The third-order valence-corrected chi connectivity index (χ3v) is 6.32. The quantitative estimate of drug-likeness (QED) is 0.530. The van der Waals surface area contributed by atoms with Gasteiger partial charge in [0, 0.05) is 10.9 Å². The number of aliphatic hydroxyl groups excluding tert-OH is 3. The van der Waals surface area contributed by atoms with Crippen LogP contribution in [0, 0.1) is 5.92 Å². The van der Waals surface area contributed by atoms with Crippen LogP contribution in [0.15, 0.2) is 29.2 Å². The van der Waals surface area contributed by atoms with Crippen molar-refractivity contribution in [2.24, 2.45) is 5.92 Å². The van der Waals surface area contributed by atoms with Gasteiger partial charge in [0.25, 0.3) is 0 Å². The van der Waals surface area contributed by atoms with E-state index in [1.165, 1.54) is 31.2 Å². The summed E-state index contributed by atoms with van der Waals surface area (Å²) in [6.45, 7) is 1.27. The van der Waals surface area contributed by atoms with Crippen LogP contribution in [0.4, 0.5) is 8.78 Å². The van der Waals surface area contributed by atoms with Gasteiger partial charge in [-0.3, -0.25) is 0 Å². The van der Waals surface area contributed by atoms with Gasteiger partial charge in [-0.05, 0) is 31.2 Å². The van der Waals surface area contributed by atoms with E-state index in [1.54, 1.807) is 0 Å². The second kappa shape index (κ2) is 8.24. The lowest BCUT2D eigenvalue weighted by Gasteiger charge is -2.46. The molecule has 154 valence electrons. The Balaban J connectivity index is 2.33. The van der Waals surface area contributed by atoms with E-state index < -0.39 is 58.9 Å². The molecule has 0 aromatic heterocycles. The Kier molecular flexibility index (Phi) is 6.84. The lowest BCUT2D eigenvalue weighted by molar-refractivity contribution is -0.279. The molecule has 7 atom stereocenters. The molecule has 11 heteroatoms. The van der Waals surface area contributed by atoms with Crippen molar-refractivity contribution in [1.82, 2.24) is 4.72 Å². The normalized spacial score (nSPS) is 34.2. The van der Waals surface area contributed by atoms with Crippen molar-refractivity contribution in [3.8, 4) is 0 Å². The number of hydrogen-bond acceptors (Lipinski definition) is 6. The van der Waals surface area contributed by atoms with E-state index in [-0.39, 0.29) is 4.90 Å². The lowest BCUT2D eigenvalue weighted by Crippen LogP contribution is -2.65. The van der Waals surface area contributed by atoms with Crippen LogP contribution in [0.25, 0.3) is 0 Å². The number of benzene rings is 1. The highest BCUT2D eigenvalue weighted by Crippen LogP contribution is 2.38. The van der Waals surface area contributed by atoms with Gasteiger partial charge in [-0.25, -0.2) is 21.9 Å². The van der Waals surface area contributed by atoms with Crippen molar-refractivity contribution in [3.05, 3.63) is 29.3 Å². The second-order valence-electron chi connectivity index (χ2n) is 6.67. The SMILES string of the molecule is C[C@H]1[C@H]([C@H](O)[C@H](O)CO)OC(C)(F)C(F)[C@@H]1NS(=O)(=O)c1ccc(Cl)cc1. The molecule has 1 aliphatic rings. The van der Waals surface area contributed by atoms with Gasteiger partial charge in [0.1, 0.15) is 12.2 Å². The molecule has 0 aliphatic carbocycles. The molecule has 0 spiro atoms. The van der Waals surface area contributed by atoms with Crippen LogP contribution >= 0.6 is 11.6 Å². The fourth-order valence-electron chi connectivity index (χ4n) is 2.97. The van der Waals surface area contributed by atoms with E-state index >= 15 is 0 Å². The third-order valence-electron chi connectivity index (χ3n) is 4.59. The van der Waals surface area contributed by atoms with Gasteiger partial charge in [-0.15, -0.1) is 0 Å². The van der Waals surface area contributed by atoms with Crippen LogP contribution in [0.2, 0.25) is 5.02 Å². The highest BCUT2D eigenvalue weighted by molar-refractivity contribution is 7.89. The van der Waals surface area contributed by atoms with E-state index in [1.807, 2.05) is 0 Å². The van der Waals surface area contributed by atoms with E-state index in [0.29, 0.717) is 5.02 Å². The molecule has 2 rings (SSSR count). The summed E-state index contributed by atoms with van der Waals surface area (Å²) in [7, 11) is -4.23. The Bertz CT molecular complexity index is 748. The lowest BCUT2D eigenvalue weighted by atomic mass is 9.83. The Morgan fingerprint density at radius 1 is 1.33 bits per heavy atom. The van der Waals surface area contributed by atoms with Gasteiger partial charge in [0.05, 0.1) is 23.6 Å². The standard InChI is InChI=1S/C16H22ClF2NO6S/c1-8-12(20-27(24,25)10-5-3-9(17)4-6-10)15(18)16(2,19)26-14(8)13(23)11(22)7-21/h3-6,8,11-15,20-23H,7H2,1-2H3/t8-,11-,12-,13-,14-,15?,16?/m1/s1. The zero-order chi connectivity index (χ0) is 20.6. The topological polar surface area (TPSA) is 116 Å². The highest BCUT2D eigenvalue weighted by Gasteiger charge is 2.55. The van der Waals surface area contributed by atoms with E-state index in [2.05, 4.69) is 4.72 Å². The van der Waals surface area contributed by atoms with Crippen LogP contribution in [0.5, 0.6) is 0 Å². The number of nitrogens with one attached hydrogen (secondary N) is 1. The largest absolute Gasteiger partial charge is 0.394 e. The summed E-state index contributed by atoms with van der Waals surface area (Å²) < 4.78 is 61.4. The zero-order valence-corrected chi connectivity index (χ0v) is 16.2. The number of halogens is 3. The highest BCUT2D eigenvalue weighted by atomic mass is 35.5. The monoisotopic (exact) mass is 429 g/mol. The van der Waals surface area contributed by atoms with Crippen LogP contribution < -0.4 is 4.72 Å². The smallest absolute Gasteiger partial charge is 0.240 e. The Labute approximate surface area is 161 Å². The van der Waals surface area contributed by atoms with Gasteiger partial charge < -0.3 is 20.1 Å². The van der Waals surface area contributed by atoms with Crippen molar-refractivity contribution in [3.63, 3.8) is 0 Å². The van der Waals surface area contributed by atoms with Crippen molar-refractivity contribution < 1.29 is 37.3 Å². The van der Waals surface area contributed by atoms with E-state index in [4.69, 9.17) is 21.4 Å². The minimum absolute atomic E-state index is 0.203. The van der Waals surface area contributed by atoms with Crippen molar-refractivity contribution in [1.29, 1.82) is 0 Å². The van der Waals surface area contributed by atoms with Gasteiger partial charge in [0.15, 0.2) is 6.17 Å². The fraction of sp³-hybridized carbons (Fsp3) is 0.625. The average Bonchev–Trinajstić information content (AvgIpc) is 2.61. The Hall–Kier alpha value is -0.880. The van der Waals surface area contributed by atoms with Crippen molar-refractivity contribution in [2.75, 3.05) is 6.61 Å². The number of ether oxygens (including phenoxy) is 1. The van der Waals surface area contributed by atoms with Gasteiger partial charge >= 0.3 is 0 Å². The molecule has 2 unspecified atom stereocenters. The molecule has 27 heavy (non-hydrogen) atoms. The van der Waals surface area contributed by atoms with Crippen molar-refractivity contribution in [2.45, 2.75) is 55.1 Å². The maximum atomic E-state index is 14.7. The number of hydrogen-bond donors (Lipinski definition) is 4. The molecule has 0 saturated carbocycles. The summed E-state index contributed by atoms with van der Waals surface area (Å²) in [5, 5.41) is 29.0. The van der Waals surface area contributed by atoms with Crippen LogP contribution in [0.3, 0.4) is 0 Å². The molecule has 1 heterocycles. The van der Waals surface area contributed by atoms with Crippen molar-refractivity contribution >= 4 is 21.6 Å². The first-order chi connectivity index (χ1) is 12.4. The molecule has 1 aromatic carbocycles. The third kappa shape index (κ3) is 4.76. The maximum Gasteiger partial charge on any atom is 0.240 e. The fourth-order valence-corrected chi connectivity index (χ4v) is 4.41. The summed E-state index contributed by atoms with van der Waals surface area (Å²) >= 11 is 5.72. The molecule has 1 aliphatic heterocycles. The molecule has 7 nitrogen and oxygen atoms in total. The van der Waals surface area contributed by atoms with E-state index in [0.717, 1.165) is 6.92 Å². The Morgan fingerprint density at radius 2 is 1.89 bits per heavy atom. The number of sulfonamides is 1. The molecule has 1 fully saturated rings. The summed E-state index contributed by atoms with van der Waals surface area (Å²) in [6.07, 6.45) is -7.27. The molecule has 0 amide bonds. The predicted molar refractivity (Wildman–Crippen MR) is 93.1 cm³/mol. The van der Waals surface area contributed by atoms with Crippen LogP contribution in [-0.2, 0) is 14.8 Å². The first-order valence-electron chi connectivity index (χ1n) is 8.16. The summed E-state index contributed by atoms with van der Waals surface area (Å²) in [5.74, 6) is -4.00. The zero-order valence-electron chi connectivity index (χ0n) is 14.6. The van der Waals surface area contributed by atoms with Gasteiger partial charge in [-0.2, -0.15) is 0 Å². The Morgan fingerprint density at radius 3 is 2.41 bits per heavy atom. The first kappa shape index (κ1) is 22.4. The van der Waals surface area contributed by atoms with E-state index in [9.17, 15) is 27.4 Å². The molecule has 4 N–H and O–H groups in total. The molecular weight excluding hydrogens is 408 g/mol. The minimum atomic E-state index is -4.23. The summed E-state index contributed by atoms with van der Waals surface area (Å²) in [6, 6.07) is 3.48. The van der Waals surface area contributed by atoms with Crippen LogP contribution in [-0.4, -0.2) is 66.7 Å². The summed E-state index contributed by atoms with van der Waals surface area (Å²) in [5.41, 5.74) is 0. The molecular formula is C16H22ClF2NO6S. The number of rotatable bonds is 6.